The van der Waals surface area contributed by atoms with Crippen LogP contribution in [-0.4, -0.2) is 18.8 Å². The lowest BCUT2D eigenvalue weighted by Gasteiger charge is -2.41. The fraction of sp³-hybridized carbons (Fsp3) is 1.00. The molecular formula is C13H25NO. The molecule has 2 nitrogen and oxygen atoms in total. The molecule has 1 aliphatic heterocycles. The van der Waals surface area contributed by atoms with Gasteiger partial charge in [0.25, 0.3) is 0 Å². The summed E-state index contributed by atoms with van der Waals surface area (Å²) < 4.78 is 6.03. The van der Waals surface area contributed by atoms with Crippen LogP contribution in [0.1, 0.15) is 46.0 Å². The Balaban J connectivity index is 1.96. The number of hydrogen-bond acceptors (Lipinski definition) is 2. The summed E-state index contributed by atoms with van der Waals surface area (Å²) in [6, 6.07) is 0. The quantitative estimate of drug-likeness (QED) is 0.762. The molecule has 0 aromatic heterocycles. The fourth-order valence-electron chi connectivity index (χ4n) is 3.47. The van der Waals surface area contributed by atoms with Crippen LogP contribution in [0.5, 0.6) is 0 Å². The van der Waals surface area contributed by atoms with E-state index in [0.29, 0.717) is 5.92 Å². The van der Waals surface area contributed by atoms with E-state index in [-0.39, 0.29) is 5.60 Å². The zero-order valence-corrected chi connectivity index (χ0v) is 10.2. The topological polar surface area (TPSA) is 35.2 Å². The first kappa shape index (κ1) is 11.4. The van der Waals surface area contributed by atoms with Gasteiger partial charge in [-0.05, 0) is 50.5 Å². The van der Waals surface area contributed by atoms with E-state index in [1.54, 1.807) is 0 Å². The Morgan fingerprint density at radius 3 is 2.47 bits per heavy atom. The first-order valence-corrected chi connectivity index (χ1v) is 6.52. The maximum atomic E-state index is 6.03. The van der Waals surface area contributed by atoms with Crippen molar-refractivity contribution in [2.45, 2.75) is 51.6 Å². The van der Waals surface area contributed by atoms with Gasteiger partial charge in [0.15, 0.2) is 0 Å². The summed E-state index contributed by atoms with van der Waals surface area (Å²) in [5.41, 5.74) is 6.03. The molecule has 1 spiro atoms. The highest BCUT2D eigenvalue weighted by molar-refractivity contribution is 4.96. The lowest BCUT2D eigenvalue weighted by Crippen LogP contribution is -2.43. The van der Waals surface area contributed by atoms with E-state index in [2.05, 4.69) is 13.8 Å². The molecule has 2 aliphatic rings. The molecule has 1 saturated carbocycles. The van der Waals surface area contributed by atoms with Gasteiger partial charge >= 0.3 is 0 Å². The summed E-state index contributed by atoms with van der Waals surface area (Å²) in [4.78, 5) is 0. The molecule has 0 amide bonds. The van der Waals surface area contributed by atoms with Crippen LogP contribution >= 0.6 is 0 Å². The highest BCUT2D eigenvalue weighted by atomic mass is 16.5. The van der Waals surface area contributed by atoms with Crippen molar-refractivity contribution < 1.29 is 4.74 Å². The van der Waals surface area contributed by atoms with Gasteiger partial charge in [0.1, 0.15) is 0 Å². The molecule has 0 aromatic carbocycles. The molecule has 1 saturated heterocycles. The molecule has 0 aromatic rings. The van der Waals surface area contributed by atoms with Crippen LogP contribution in [0.4, 0.5) is 0 Å². The second kappa shape index (κ2) is 4.42. The zero-order chi connectivity index (χ0) is 10.9. The lowest BCUT2D eigenvalue weighted by molar-refractivity contribution is -0.0611. The molecule has 1 aliphatic carbocycles. The molecule has 1 heterocycles. The maximum absolute atomic E-state index is 6.03. The Hall–Kier alpha value is -0.0800. The number of ether oxygens (including phenoxy) is 1. The summed E-state index contributed by atoms with van der Waals surface area (Å²) in [5.74, 6) is 2.38. The van der Waals surface area contributed by atoms with Crippen molar-refractivity contribution in [1.82, 2.24) is 0 Å². The van der Waals surface area contributed by atoms with E-state index < -0.39 is 0 Å². The fourth-order valence-corrected chi connectivity index (χ4v) is 3.47. The van der Waals surface area contributed by atoms with E-state index in [1.807, 2.05) is 0 Å². The minimum absolute atomic E-state index is 0.181. The van der Waals surface area contributed by atoms with Gasteiger partial charge in [-0.15, -0.1) is 0 Å². The number of nitrogens with two attached hydrogens (primary N) is 1. The van der Waals surface area contributed by atoms with Crippen molar-refractivity contribution in [3.05, 3.63) is 0 Å². The molecule has 2 N–H and O–H groups in total. The van der Waals surface area contributed by atoms with E-state index in [0.717, 1.165) is 25.0 Å². The van der Waals surface area contributed by atoms with Gasteiger partial charge < -0.3 is 10.5 Å². The Morgan fingerprint density at radius 2 is 1.93 bits per heavy atom. The molecule has 2 fully saturated rings. The Morgan fingerprint density at radius 1 is 1.27 bits per heavy atom. The third-order valence-electron chi connectivity index (χ3n) is 4.70. The van der Waals surface area contributed by atoms with Crippen LogP contribution in [0.3, 0.4) is 0 Å². The van der Waals surface area contributed by atoms with Crippen LogP contribution in [0.15, 0.2) is 0 Å². The Labute approximate surface area is 93.6 Å². The number of hydrogen-bond donors (Lipinski definition) is 1. The van der Waals surface area contributed by atoms with Crippen molar-refractivity contribution in [2.75, 3.05) is 13.2 Å². The molecule has 88 valence electrons. The highest BCUT2D eigenvalue weighted by Crippen LogP contribution is 2.46. The van der Waals surface area contributed by atoms with Gasteiger partial charge in [0.2, 0.25) is 0 Å². The summed E-state index contributed by atoms with van der Waals surface area (Å²) in [7, 11) is 0. The van der Waals surface area contributed by atoms with Gasteiger partial charge in [-0.25, -0.2) is 0 Å². The van der Waals surface area contributed by atoms with Crippen LogP contribution in [0.25, 0.3) is 0 Å². The highest BCUT2D eigenvalue weighted by Gasteiger charge is 2.45. The second-order valence-corrected chi connectivity index (χ2v) is 5.72. The molecule has 2 heteroatoms. The van der Waals surface area contributed by atoms with E-state index in [1.165, 1.54) is 32.1 Å². The molecule has 1 unspecified atom stereocenters. The maximum Gasteiger partial charge on any atom is 0.0723 e. The van der Waals surface area contributed by atoms with Gasteiger partial charge in [-0.1, -0.05) is 13.8 Å². The third kappa shape index (κ3) is 2.07. The summed E-state index contributed by atoms with van der Waals surface area (Å²) in [5, 5.41) is 0. The predicted octanol–water partition coefficient (Wildman–Crippen LogP) is 2.57. The van der Waals surface area contributed by atoms with E-state index >= 15 is 0 Å². The van der Waals surface area contributed by atoms with Crippen molar-refractivity contribution in [1.29, 1.82) is 0 Å². The second-order valence-electron chi connectivity index (χ2n) is 5.72. The molecular weight excluding hydrogens is 186 g/mol. The van der Waals surface area contributed by atoms with E-state index in [4.69, 9.17) is 10.5 Å². The average Bonchev–Trinajstić information content (AvgIpc) is 2.61. The van der Waals surface area contributed by atoms with Crippen molar-refractivity contribution >= 4 is 0 Å². The first-order chi connectivity index (χ1) is 7.18. The molecule has 2 rings (SSSR count). The average molecular weight is 211 g/mol. The summed E-state index contributed by atoms with van der Waals surface area (Å²) in [6.45, 7) is 6.44. The minimum atomic E-state index is 0.181. The van der Waals surface area contributed by atoms with Crippen LogP contribution in [-0.2, 0) is 4.74 Å². The number of rotatable bonds is 2. The van der Waals surface area contributed by atoms with Gasteiger partial charge in [-0.2, -0.15) is 0 Å². The summed E-state index contributed by atoms with van der Waals surface area (Å²) >= 11 is 0. The largest absolute Gasteiger partial charge is 0.375 e. The van der Waals surface area contributed by atoms with Crippen molar-refractivity contribution in [2.24, 2.45) is 23.5 Å². The zero-order valence-electron chi connectivity index (χ0n) is 10.2. The normalized spacial score (nSPS) is 41.6. The molecule has 1 atom stereocenters. The van der Waals surface area contributed by atoms with Crippen molar-refractivity contribution in [3.8, 4) is 0 Å². The predicted molar refractivity (Wildman–Crippen MR) is 62.6 cm³/mol. The summed E-state index contributed by atoms with van der Waals surface area (Å²) in [6.07, 6.45) is 6.36. The first-order valence-electron chi connectivity index (χ1n) is 6.52. The molecule has 0 bridgehead atoms. The Kier molecular flexibility index (Phi) is 3.36. The van der Waals surface area contributed by atoms with Crippen LogP contribution < -0.4 is 5.73 Å². The smallest absolute Gasteiger partial charge is 0.0723 e. The SMILES string of the molecule is CC(C)C1CCC2(CC1)OCCC2CN. The van der Waals surface area contributed by atoms with Crippen LogP contribution in [0.2, 0.25) is 0 Å². The molecule has 15 heavy (non-hydrogen) atoms. The molecule has 0 radical (unpaired) electrons. The van der Waals surface area contributed by atoms with Gasteiger partial charge in [0, 0.05) is 12.5 Å². The van der Waals surface area contributed by atoms with E-state index in [9.17, 15) is 0 Å². The van der Waals surface area contributed by atoms with Crippen LogP contribution in [0, 0.1) is 17.8 Å². The lowest BCUT2D eigenvalue weighted by atomic mass is 9.70. The monoisotopic (exact) mass is 211 g/mol. The van der Waals surface area contributed by atoms with Gasteiger partial charge in [0.05, 0.1) is 5.60 Å². The van der Waals surface area contributed by atoms with Crippen molar-refractivity contribution in [3.63, 3.8) is 0 Å². The minimum Gasteiger partial charge on any atom is -0.375 e. The Bertz CT molecular complexity index is 207. The third-order valence-corrected chi connectivity index (χ3v) is 4.70. The standard InChI is InChI=1S/C13H25NO/c1-10(2)11-3-6-13(7-4-11)12(9-14)5-8-15-13/h10-12H,3-9,14H2,1-2H3. The van der Waals surface area contributed by atoms with Gasteiger partial charge in [-0.3, -0.25) is 0 Å².